The fourth-order valence-corrected chi connectivity index (χ4v) is 3.99. The first-order chi connectivity index (χ1) is 15.9. The van der Waals surface area contributed by atoms with Crippen molar-refractivity contribution < 1.29 is 14.3 Å². The third-order valence-corrected chi connectivity index (χ3v) is 5.99. The fourth-order valence-electron chi connectivity index (χ4n) is 3.99. The maximum Gasteiger partial charge on any atom is 0.259 e. The van der Waals surface area contributed by atoms with Crippen molar-refractivity contribution in [2.75, 3.05) is 25.5 Å². The largest absolute Gasteiger partial charge is 0.497 e. The minimum absolute atomic E-state index is 0.0707. The molecule has 3 heterocycles. The summed E-state index contributed by atoms with van der Waals surface area (Å²) in [6.07, 6.45) is 6.45. The van der Waals surface area contributed by atoms with Crippen LogP contribution in [0.15, 0.2) is 42.9 Å². The Morgan fingerprint density at radius 3 is 2.64 bits per heavy atom. The number of carbonyl (C=O) groups excluding carboxylic acids is 2. The van der Waals surface area contributed by atoms with Crippen molar-refractivity contribution in [1.82, 2.24) is 24.4 Å². The number of aryl methyl sites for hydroxylation is 3. The summed E-state index contributed by atoms with van der Waals surface area (Å²) in [7, 11) is 1.59. The molecule has 1 aromatic carbocycles. The summed E-state index contributed by atoms with van der Waals surface area (Å²) in [6.45, 7) is 5.64. The van der Waals surface area contributed by atoms with Crippen LogP contribution in [0.25, 0.3) is 0 Å². The van der Waals surface area contributed by atoms with E-state index in [-0.39, 0.29) is 17.7 Å². The predicted octanol–water partition coefficient (Wildman–Crippen LogP) is 2.96. The minimum Gasteiger partial charge on any atom is -0.497 e. The first-order valence-electron chi connectivity index (χ1n) is 11.0. The van der Waals surface area contributed by atoms with Gasteiger partial charge in [-0.3, -0.25) is 9.59 Å². The van der Waals surface area contributed by atoms with Crippen molar-refractivity contribution in [3.8, 4) is 5.75 Å². The third-order valence-electron chi connectivity index (χ3n) is 5.99. The molecule has 4 rings (SSSR count). The molecule has 0 spiro atoms. The second kappa shape index (κ2) is 9.81. The Bertz CT molecular complexity index is 1140. The molecule has 0 unspecified atom stereocenters. The van der Waals surface area contributed by atoms with Crippen LogP contribution in [-0.2, 0) is 11.3 Å². The number of nitrogens with one attached hydrogen (secondary N) is 1. The van der Waals surface area contributed by atoms with Crippen LogP contribution >= 0.6 is 0 Å². The molecule has 172 valence electrons. The van der Waals surface area contributed by atoms with Crippen LogP contribution in [-0.4, -0.2) is 56.4 Å². The van der Waals surface area contributed by atoms with Gasteiger partial charge in [0, 0.05) is 56.3 Å². The van der Waals surface area contributed by atoms with Crippen LogP contribution < -0.4 is 10.1 Å². The van der Waals surface area contributed by atoms with Crippen molar-refractivity contribution in [3.63, 3.8) is 0 Å². The van der Waals surface area contributed by atoms with Gasteiger partial charge in [-0.2, -0.15) is 0 Å². The number of hydrogen-bond donors (Lipinski definition) is 1. The van der Waals surface area contributed by atoms with E-state index in [1.54, 1.807) is 50.7 Å². The van der Waals surface area contributed by atoms with Gasteiger partial charge in [-0.1, -0.05) is 0 Å². The standard InChI is InChI=1S/C24H28N6O3/c1-16-21(24(32)28-19-4-6-20(33-3)7-5-19)14-26-23(27-16)18-8-11-30(15-18)22(31)9-12-29-13-10-25-17(29)2/h4-7,10,13-14,18H,8-9,11-12,15H2,1-3H3,(H,28,32)/t18-/m1/s1. The average molecular weight is 449 g/mol. The van der Waals surface area contributed by atoms with Gasteiger partial charge in [0.2, 0.25) is 5.91 Å². The second-order valence-corrected chi connectivity index (χ2v) is 8.15. The maximum atomic E-state index is 12.7. The second-order valence-electron chi connectivity index (χ2n) is 8.15. The van der Waals surface area contributed by atoms with Crippen LogP contribution in [0.4, 0.5) is 5.69 Å². The van der Waals surface area contributed by atoms with Gasteiger partial charge in [0.25, 0.3) is 5.91 Å². The number of aromatic nitrogens is 4. The van der Waals surface area contributed by atoms with Crippen molar-refractivity contribution in [2.45, 2.75) is 39.2 Å². The summed E-state index contributed by atoms with van der Waals surface area (Å²) in [5, 5.41) is 2.86. The van der Waals surface area contributed by atoms with Gasteiger partial charge >= 0.3 is 0 Å². The van der Waals surface area contributed by atoms with Crippen LogP contribution in [0.1, 0.15) is 46.5 Å². The number of likely N-dealkylation sites (tertiary alicyclic amines) is 1. The van der Waals surface area contributed by atoms with E-state index in [2.05, 4.69) is 20.3 Å². The molecule has 1 aliphatic heterocycles. The molecule has 2 aromatic heterocycles. The zero-order valence-corrected chi connectivity index (χ0v) is 19.1. The lowest BCUT2D eigenvalue weighted by molar-refractivity contribution is -0.130. The molecule has 1 atom stereocenters. The molecule has 0 radical (unpaired) electrons. The Hall–Kier alpha value is -3.75. The summed E-state index contributed by atoms with van der Waals surface area (Å²) >= 11 is 0. The molecule has 0 saturated carbocycles. The summed E-state index contributed by atoms with van der Waals surface area (Å²) in [5.74, 6) is 2.23. The van der Waals surface area contributed by atoms with E-state index in [1.165, 1.54) is 0 Å². The highest BCUT2D eigenvalue weighted by atomic mass is 16.5. The third kappa shape index (κ3) is 5.19. The van der Waals surface area contributed by atoms with E-state index in [0.717, 1.165) is 18.0 Å². The Balaban J connectivity index is 1.35. The van der Waals surface area contributed by atoms with Gasteiger partial charge in [0.15, 0.2) is 0 Å². The highest BCUT2D eigenvalue weighted by Gasteiger charge is 2.29. The Labute approximate surface area is 192 Å². The van der Waals surface area contributed by atoms with E-state index >= 15 is 0 Å². The van der Waals surface area contributed by atoms with Gasteiger partial charge in [0.05, 0.1) is 18.4 Å². The lowest BCUT2D eigenvalue weighted by Gasteiger charge is -2.17. The number of nitrogens with zero attached hydrogens (tertiary/aromatic N) is 5. The lowest BCUT2D eigenvalue weighted by Crippen LogP contribution is -2.29. The van der Waals surface area contributed by atoms with Gasteiger partial charge in [0.1, 0.15) is 17.4 Å². The first-order valence-corrected chi connectivity index (χ1v) is 11.0. The zero-order chi connectivity index (χ0) is 23.4. The smallest absolute Gasteiger partial charge is 0.259 e. The number of rotatable bonds is 7. The van der Waals surface area contributed by atoms with Crippen molar-refractivity contribution in [3.05, 3.63) is 65.8 Å². The lowest BCUT2D eigenvalue weighted by atomic mass is 10.1. The van der Waals surface area contributed by atoms with Crippen molar-refractivity contribution >= 4 is 17.5 Å². The molecule has 9 nitrogen and oxygen atoms in total. The molecule has 2 amide bonds. The molecule has 0 aliphatic carbocycles. The van der Waals surface area contributed by atoms with Gasteiger partial charge < -0.3 is 19.5 Å². The molecular formula is C24H28N6O3. The summed E-state index contributed by atoms with van der Waals surface area (Å²) < 4.78 is 7.12. The number of anilines is 1. The summed E-state index contributed by atoms with van der Waals surface area (Å²) in [4.78, 5) is 40.4. The molecule has 9 heteroatoms. The Kier molecular flexibility index (Phi) is 6.67. The van der Waals surface area contributed by atoms with E-state index in [1.807, 2.05) is 22.6 Å². The van der Waals surface area contributed by atoms with Crippen molar-refractivity contribution in [2.24, 2.45) is 0 Å². The fraction of sp³-hybridized carbons (Fsp3) is 0.375. The molecule has 33 heavy (non-hydrogen) atoms. The highest BCUT2D eigenvalue weighted by Crippen LogP contribution is 2.26. The van der Waals surface area contributed by atoms with Crippen LogP contribution in [0.3, 0.4) is 0 Å². The number of amides is 2. The average Bonchev–Trinajstić information content (AvgIpc) is 3.47. The van der Waals surface area contributed by atoms with Crippen LogP contribution in [0.2, 0.25) is 0 Å². The maximum absolute atomic E-state index is 12.7. The monoisotopic (exact) mass is 448 g/mol. The topological polar surface area (TPSA) is 102 Å². The summed E-state index contributed by atoms with van der Waals surface area (Å²) in [5.41, 5.74) is 1.71. The number of hydrogen-bond acceptors (Lipinski definition) is 6. The number of ether oxygens (including phenoxy) is 1. The van der Waals surface area contributed by atoms with E-state index < -0.39 is 0 Å². The van der Waals surface area contributed by atoms with Crippen LogP contribution in [0, 0.1) is 13.8 Å². The number of methoxy groups -OCH3 is 1. The predicted molar refractivity (Wildman–Crippen MR) is 123 cm³/mol. The van der Waals surface area contributed by atoms with Gasteiger partial charge in [-0.25, -0.2) is 15.0 Å². The Morgan fingerprint density at radius 2 is 1.97 bits per heavy atom. The number of benzene rings is 1. The zero-order valence-electron chi connectivity index (χ0n) is 19.1. The molecule has 3 aromatic rings. The van der Waals surface area contributed by atoms with Gasteiger partial charge in [-0.05, 0) is 44.5 Å². The van der Waals surface area contributed by atoms with E-state index in [4.69, 9.17) is 4.74 Å². The van der Waals surface area contributed by atoms with Gasteiger partial charge in [-0.15, -0.1) is 0 Å². The minimum atomic E-state index is -0.262. The SMILES string of the molecule is COc1ccc(NC(=O)c2cnc([C@@H]3CCN(C(=O)CCn4ccnc4C)C3)nc2C)cc1. The first kappa shape index (κ1) is 22.4. The summed E-state index contributed by atoms with van der Waals surface area (Å²) in [6, 6.07) is 7.12. The van der Waals surface area contributed by atoms with Crippen LogP contribution in [0.5, 0.6) is 5.75 Å². The van der Waals surface area contributed by atoms with Crippen molar-refractivity contribution in [1.29, 1.82) is 0 Å². The number of carbonyl (C=O) groups is 2. The molecular weight excluding hydrogens is 420 g/mol. The van der Waals surface area contributed by atoms with E-state index in [0.29, 0.717) is 48.8 Å². The van der Waals surface area contributed by atoms with E-state index in [9.17, 15) is 9.59 Å². The molecule has 1 N–H and O–H groups in total. The Morgan fingerprint density at radius 1 is 1.18 bits per heavy atom. The quantitative estimate of drug-likeness (QED) is 0.596. The highest BCUT2D eigenvalue weighted by molar-refractivity contribution is 6.04. The molecule has 1 aliphatic rings. The molecule has 1 fully saturated rings. The molecule has 0 bridgehead atoms. The number of imidazole rings is 1. The normalized spacial score (nSPS) is 15.5. The molecule has 1 saturated heterocycles.